The van der Waals surface area contributed by atoms with Crippen molar-refractivity contribution in [2.24, 2.45) is 0 Å². The number of aryl methyl sites for hydroxylation is 2. The molecule has 1 saturated carbocycles. The van der Waals surface area contributed by atoms with Crippen LogP contribution in [-0.4, -0.2) is 28.8 Å². The third-order valence-corrected chi connectivity index (χ3v) is 6.74. The zero-order valence-corrected chi connectivity index (χ0v) is 20.1. The molecule has 0 aromatic heterocycles. The predicted octanol–water partition coefficient (Wildman–Crippen LogP) is 5.53. The Hall–Kier alpha value is -2.62. The van der Waals surface area contributed by atoms with Crippen LogP contribution in [-0.2, 0) is 22.6 Å². The number of carbonyl (C=O) groups is 2. The summed E-state index contributed by atoms with van der Waals surface area (Å²) in [4.78, 5) is 28.1. The maximum Gasteiger partial charge on any atom is 0.242 e. The standard InChI is InChI=1S/C28H38N2O2/c1-20(2)24-16-13-23(14-17-24)15-18-27(31)30(19-25-10-6-5-9-21(25)3)22(4)28(32)29-26-11-7-8-12-26/h5-6,9-10,13-14,16-17,20,22,26H,7-8,11-12,15,18-19H2,1-4H3,(H,29,32)/t22-/m0/s1. The van der Waals surface area contributed by atoms with Crippen LogP contribution in [0.1, 0.15) is 81.0 Å². The lowest BCUT2D eigenvalue weighted by atomic mass is 10.00. The molecule has 4 nitrogen and oxygen atoms in total. The minimum atomic E-state index is -0.494. The average Bonchev–Trinajstić information content (AvgIpc) is 3.29. The lowest BCUT2D eigenvalue weighted by molar-refractivity contribution is -0.140. The molecule has 1 fully saturated rings. The van der Waals surface area contributed by atoms with Gasteiger partial charge in [-0.3, -0.25) is 9.59 Å². The quantitative estimate of drug-likeness (QED) is 0.564. The van der Waals surface area contributed by atoms with Crippen molar-refractivity contribution >= 4 is 11.8 Å². The van der Waals surface area contributed by atoms with Gasteiger partial charge in [0.05, 0.1) is 0 Å². The second kappa shape index (κ2) is 11.3. The highest BCUT2D eigenvalue weighted by molar-refractivity contribution is 5.87. The Morgan fingerprint density at radius 2 is 1.66 bits per heavy atom. The maximum atomic E-state index is 13.3. The fourth-order valence-electron chi connectivity index (χ4n) is 4.41. The normalized spacial score (nSPS) is 15.0. The van der Waals surface area contributed by atoms with Crippen LogP contribution in [0.25, 0.3) is 0 Å². The molecule has 4 heteroatoms. The van der Waals surface area contributed by atoms with Crippen LogP contribution in [0.2, 0.25) is 0 Å². The van der Waals surface area contributed by atoms with Gasteiger partial charge in [0.25, 0.3) is 0 Å². The summed E-state index contributed by atoms with van der Waals surface area (Å²) in [7, 11) is 0. The number of hydrogen-bond acceptors (Lipinski definition) is 2. The predicted molar refractivity (Wildman–Crippen MR) is 130 cm³/mol. The van der Waals surface area contributed by atoms with Gasteiger partial charge in [0, 0.05) is 19.0 Å². The summed E-state index contributed by atoms with van der Waals surface area (Å²) in [6.45, 7) is 8.73. The molecule has 0 aliphatic heterocycles. The molecule has 3 rings (SSSR count). The summed E-state index contributed by atoms with van der Waals surface area (Å²) >= 11 is 0. The Balaban J connectivity index is 1.70. The second-order valence-corrected chi connectivity index (χ2v) is 9.51. The molecule has 1 aliphatic rings. The van der Waals surface area contributed by atoms with Gasteiger partial charge in [-0.2, -0.15) is 0 Å². The lowest BCUT2D eigenvalue weighted by Crippen LogP contribution is -2.49. The number of carbonyl (C=O) groups excluding carboxylic acids is 2. The number of hydrogen-bond donors (Lipinski definition) is 1. The summed E-state index contributed by atoms with van der Waals surface area (Å²) in [5.74, 6) is 0.477. The zero-order chi connectivity index (χ0) is 23.1. The Morgan fingerprint density at radius 3 is 2.28 bits per heavy atom. The second-order valence-electron chi connectivity index (χ2n) is 9.51. The van der Waals surface area contributed by atoms with E-state index < -0.39 is 6.04 Å². The third kappa shape index (κ3) is 6.44. The van der Waals surface area contributed by atoms with Crippen molar-refractivity contribution in [2.45, 2.75) is 90.8 Å². The van der Waals surface area contributed by atoms with Crippen LogP contribution >= 0.6 is 0 Å². The molecule has 32 heavy (non-hydrogen) atoms. The van der Waals surface area contributed by atoms with E-state index >= 15 is 0 Å². The van der Waals surface area contributed by atoms with Crippen molar-refractivity contribution < 1.29 is 9.59 Å². The topological polar surface area (TPSA) is 49.4 Å². The molecular weight excluding hydrogens is 396 g/mol. The summed E-state index contributed by atoms with van der Waals surface area (Å²) in [6, 6.07) is 16.4. The summed E-state index contributed by atoms with van der Waals surface area (Å²) in [5.41, 5.74) is 4.68. The zero-order valence-electron chi connectivity index (χ0n) is 20.1. The average molecular weight is 435 g/mol. The molecule has 1 N–H and O–H groups in total. The molecule has 0 radical (unpaired) electrons. The molecule has 0 unspecified atom stereocenters. The van der Waals surface area contributed by atoms with Crippen molar-refractivity contribution in [3.8, 4) is 0 Å². The van der Waals surface area contributed by atoms with Gasteiger partial charge in [-0.05, 0) is 61.3 Å². The fraction of sp³-hybridized carbons (Fsp3) is 0.500. The Kier molecular flexibility index (Phi) is 8.49. The van der Waals surface area contributed by atoms with E-state index in [0.717, 1.165) is 29.5 Å². The highest BCUT2D eigenvalue weighted by Gasteiger charge is 2.28. The van der Waals surface area contributed by atoms with Gasteiger partial charge in [-0.15, -0.1) is 0 Å². The molecule has 2 aromatic rings. The van der Waals surface area contributed by atoms with Crippen LogP contribution in [0.4, 0.5) is 0 Å². The number of nitrogens with one attached hydrogen (secondary N) is 1. The smallest absolute Gasteiger partial charge is 0.242 e. The van der Waals surface area contributed by atoms with E-state index in [2.05, 4.69) is 56.4 Å². The lowest BCUT2D eigenvalue weighted by Gasteiger charge is -2.30. The monoisotopic (exact) mass is 434 g/mol. The summed E-state index contributed by atoms with van der Waals surface area (Å²) in [6.07, 6.45) is 5.49. The largest absolute Gasteiger partial charge is 0.352 e. The molecule has 2 aromatic carbocycles. The Bertz CT molecular complexity index is 898. The van der Waals surface area contributed by atoms with Crippen molar-refractivity contribution in [3.63, 3.8) is 0 Å². The van der Waals surface area contributed by atoms with E-state index in [-0.39, 0.29) is 17.9 Å². The van der Waals surface area contributed by atoms with Gasteiger partial charge in [0.1, 0.15) is 6.04 Å². The highest BCUT2D eigenvalue weighted by atomic mass is 16.2. The summed E-state index contributed by atoms with van der Waals surface area (Å²) < 4.78 is 0. The molecule has 0 heterocycles. The van der Waals surface area contributed by atoms with E-state index in [9.17, 15) is 9.59 Å². The maximum absolute atomic E-state index is 13.3. The minimum absolute atomic E-state index is 0.0234. The molecule has 2 amide bonds. The van der Waals surface area contributed by atoms with Crippen LogP contribution in [0.15, 0.2) is 48.5 Å². The van der Waals surface area contributed by atoms with Gasteiger partial charge < -0.3 is 10.2 Å². The first kappa shape index (κ1) is 24.0. The number of rotatable bonds is 9. The molecule has 172 valence electrons. The number of benzene rings is 2. The van der Waals surface area contributed by atoms with Crippen LogP contribution in [0.3, 0.4) is 0 Å². The fourth-order valence-corrected chi connectivity index (χ4v) is 4.41. The van der Waals surface area contributed by atoms with Crippen molar-refractivity contribution in [2.75, 3.05) is 0 Å². The van der Waals surface area contributed by atoms with Gasteiger partial charge >= 0.3 is 0 Å². The number of nitrogens with zero attached hydrogens (tertiary/aromatic N) is 1. The molecule has 0 spiro atoms. The molecular formula is C28H38N2O2. The van der Waals surface area contributed by atoms with Gasteiger partial charge in [0.15, 0.2) is 0 Å². The molecule has 0 saturated heterocycles. The Labute approximate surface area is 193 Å². The van der Waals surface area contributed by atoms with Crippen molar-refractivity contribution in [1.29, 1.82) is 0 Å². The molecule has 0 bridgehead atoms. The van der Waals surface area contributed by atoms with Crippen molar-refractivity contribution in [1.82, 2.24) is 10.2 Å². The van der Waals surface area contributed by atoms with E-state index in [4.69, 9.17) is 0 Å². The van der Waals surface area contributed by atoms with E-state index in [0.29, 0.717) is 25.3 Å². The Morgan fingerprint density at radius 1 is 1.00 bits per heavy atom. The third-order valence-electron chi connectivity index (χ3n) is 6.74. The van der Waals surface area contributed by atoms with E-state index in [1.54, 1.807) is 4.90 Å². The molecule has 1 aliphatic carbocycles. The van der Waals surface area contributed by atoms with Crippen molar-refractivity contribution in [3.05, 3.63) is 70.8 Å². The first-order valence-electron chi connectivity index (χ1n) is 12.1. The van der Waals surface area contributed by atoms with E-state index in [1.165, 1.54) is 18.4 Å². The van der Waals surface area contributed by atoms with Crippen LogP contribution in [0.5, 0.6) is 0 Å². The van der Waals surface area contributed by atoms with Crippen LogP contribution < -0.4 is 5.32 Å². The first-order valence-corrected chi connectivity index (χ1v) is 12.1. The minimum Gasteiger partial charge on any atom is -0.352 e. The SMILES string of the molecule is Cc1ccccc1CN(C(=O)CCc1ccc(C(C)C)cc1)[C@@H](C)C(=O)NC1CCCC1. The van der Waals surface area contributed by atoms with E-state index in [1.807, 2.05) is 25.1 Å². The first-order chi connectivity index (χ1) is 15.3. The van der Waals surface area contributed by atoms with Gasteiger partial charge in [0.2, 0.25) is 11.8 Å². The highest BCUT2D eigenvalue weighted by Crippen LogP contribution is 2.20. The summed E-state index contributed by atoms with van der Waals surface area (Å²) in [5, 5.41) is 3.17. The van der Waals surface area contributed by atoms with Crippen LogP contribution in [0, 0.1) is 6.92 Å². The van der Waals surface area contributed by atoms with Gasteiger partial charge in [-0.25, -0.2) is 0 Å². The van der Waals surface area contributed by atoms with Gasteiger partial charge in [-0.1, -0.05) is 75.2 Å². The molecule has 1 atom stereocenters. The number of amides is 2.